The van der Waals surface area contributed by atoms with Crippen LogP contribution in [0.5, 0.6) is 0 Å². The lowest BCUT2D eigenvalue weighted by atomic mass is 9.75. The van der Waals surface area contributed by atoms with Crippen molar-refractivity contribution in [2.24, 2.45) is 11.3 Å². The van der Waals surface area contributed by atoms with Crippen molar-refractivity contribution in [1.29, 1.82) is 0 Å². The molecule has 1 aliphatic carbocycles. The Morgan fingerprint density at radius 3 is 2.33 bits per heavy atom. The molecule has 2 atom stereocenters. The van der Waals surface area contributed by atoms with Gasteiger partial charge in [-0.15, -0.1) is 0 Å². The van der Waals surface area contributed by atoms with Crippen molar-refractivity contribution in [1.82, 2.24) is 5.32 Å². The zero-order valence-corrected chi connectivity index (χ0v) is 22.6. The molecule has 1 saturated carbocycles. The number of methoxy groups -OCH3 is 1. The maximum atomic E-state index is 13.6. The third-order valence-electron chi connectivity index (χ3n) is 6.35. The summed E-state index contributed by atoms with van der Waals surface area (Å²) in [6.45, 7) is 6.15. The molecule has 36 heavy (non-hydrogen) atoms. The average molecular weight is 526 g/mol. The summed E-state index contributed by atoms with van der Waals surface area (Å²) in [7, 11) is 1.57. The molecule has 0 heterocycles. The molecule has 202 valence electrons. The number of carbonyl (C=O) groups is 3. The molecule has 1 amide bonds. The lowest BCUT2D eigenvalue weighted by Crippen LogP contribution is -2.48. The van der Waals surface area contributed by atoms with Gasteiger partial charge in [0, 0.05) is 18.7 Å². The Balaban J connectivity index is 2.10. The second-order valence-electron chi connectivity index (χ2n) is 10.6. The van der Waals surface area contributed by atoms with Crippen LogP contribution in [0.25, 0.3) is 0 Å². The highest BCUT2D eigenvalue weighted by atomic mass is 35.5. The maximum absolute atomic E-state index is 13.6. The molecule has 9 heteroatoms. The van der Waals surface area contributed by atoms with Crippen LogP contribution in [-0.2, 0) is 35.2 Å². The number of carboxylic acids is 1. The highest BCUT2D eigenvalue weighted by Crippen LogP contribution is 2.44. The monoisotopic (exact) mass is 525 g/mol. The van der Waals surface area contributed by atoms with E-state index in [1.54, 1.807) is 19.2 Å². The quantitative estimate of drug-likeness (QED) is 0.337. The molecule has 1 aromatic rings. The lowest BCUT2D eigenvalue weighted by Gasteiger charge is -2.33. The molecule has 1 aromatic carbocycles. The van der Waals surface area contributed by atoms with Gasteiger partial charge in [0.2, 0.25) is 5.91 Å². The SMILES string of the molecule is COCC[C@H](CC1(C(=O)N[C@@H](COCc2ccc(Cl)cc2)CC(=O)O)CCCC1)C(=O)OC(C)(C)C. The summed E-state index contributed by atoms with van der Waals surface area (Å²) in [4.78, 5) is 38.0. The second-order valence-corrected chi connectivity index (χ2v) is 11.0. The highest BCUT2D eigenvalue weighted by Gasteiger charge is 2.45. The molecule has 1 aliphatic rings. The Hall–Kier alpha value is -2.16. The minimum atomic E-state index is -1.03. The van der Waals surface area contributed by atoms with Crippen molar-refractivity contribution >= 4 is 29.4 Å². The largest absolute Gasteiger partial charge is 0.481 e. The first-order valence-corrected chi connectivity index (χ1v) is 12.9. The van der Waals surface area contributed by atoms with E-state index in [-0.39, 0.29) is 31.5 Å². The first-order valence-electron chi connectivity index (χ1n) is 12.5. The van der Waals surface area contributed by atoms with Crippen LogP contribution in [-0.4, -0.2) is 54.9 Å². The molecule has 0 aliphatic heterocycles. The maximum Gasteiger partial charge on any atom is 0.309 e. The predicted octanol–water partition coefficient (Wildman–Crippen LogP) is 4.76. The number of carbonyl (C=O) groups excluding carboxylic acids is 2. The summed E-state index contributed by atoms with van der Waals surface area (Å²) < 4.78 is 16.6. The minimum absolute atomic E-state index is 0.0515. The van der Waals surface area contributed by atoms with Crippen molar-refractivity contribution < 1.29 is 33.7 Å². The van der Waals surface area contributed by atoms with Crippen LogP contribution in [0.1, 0.15) is 71.3 Å². The van der Waals surface area contributed by atoms with E-state index >= 15 is 0 Å². The predicted molar refractivity (Wildman–Crippen MR) is 137 cm³/mol. The topological polar surface area (TPSA) is 111 Å². The summed E-state index contributed by atoms with van der Waals surface area (Å²) in [5.41, 5.74) is -0.505. The normalized spacial score (nSPS) is 16.8. The fourth-order valence-corrected chi connectivity index (χ4v) is 4.72. The fraction of sp³-hybridized carbons (Fsp3) is 0.667. The number of amides is 1. The first-order chi connectivity index (χ1) is 16.9. The molecule has 2 N–H and O–H groups in total. The van der Waals surface area contributed by atoms with Crippen LogP contribution in [0.3, 0.4) is 0 Å². The van der Waals surface area contributed by atoms with Gasteiger partial charge in [0.1, 0.15) is 5.60 Å². The summed E-state index contributed by atoms with van der Waals surface area (Å²) in [6, 6.07) is 6.48. The van der Waals surface area contributed by atoms with Crippen LogP contribution < -0.4 is 5.32 Å². The van der Waals surface area contributed by atoms with Crippen LogP contribution >= 0.6 is 11.6 Å². The number of rotatable bonds is 14. The van der Waals surface area contributed by atoms with Crippen molar-refractivity contribution in [2.75, 3.05) is 20.3 Å². The summed E-state index contributed by atoms with van der Waals surface area (Å²) in [5, 5.41) is 12.9. The zero-order valence-electron chi connectivity index (χ0n) is 21.8. The van der Waals surface area contributed by atoms with Gasteiger partial charge in [-0.05, 0) is 64.2 Å². The summed E-state index contributed by atoms with van der Waals surface area (Å²) in [6.07, 6.45) is 3.53. The van der Waals surface area contributed by atoms with E-state index in [9.17, 15) is 19.5 Å². The molecule has 0 bridgehead atoms. The van der Waals surface area contributed by atoms with Gasteiger partial charge in [-0.1, -0.05) is 36.6 Å². The van der Waals surface area contributed by atoms with Crippen LogP contribution in [0.2, 0.25) is 5.02 Å². The lowest BCUT2D eigenvalue weighted by molar-refractivity contribution is -0.162. The molecule has 0 unspecified atom stereocenters. The van der Waals surface area contributed by atoms with Crippen LogP contribution in [0, 0.1) is 11.3 Å². The van der Waals surface area contributed by atoms with Crippen molar-refractivity contribution in [2.45, 2.75) is 84.0 Å². The number of esters is 1. The molecule has 0 spiro atoms. The summed E-state index contributed by atoms with van der Waals surface area (Å²) >= 11 is 5.91. The number of benzene rings is 1. The van der Waals surface area contributed by atoms with Crippen LogP contribution in [0.15, 0.2) is 24.3 Å². The minimum Gasteiger partial charge on any atom is -0.481 e. The van der Waals surface area contributed by atoms with Crippen molar-refractivity contribution in [3.8, 4) is 0 Å². The van der Waals surface area contributed by atoms with Gasteiger partial charge in [-0.3, -0.25) is 14.4 Å². The second kappa shape index (κ2) is 14.0. The van der Waals surface area contributed by atoms with E-state index in [2.05, 4.69) is 5.32 Å². The Morgan fingerprint density at radius 1 is 1.14 bits per heavy atom. The number of aliphatic carboxylic acids is 1. The van der Waals surface area contributed by atoms with Crippen molar-refractivity contribution in [3.05, 3.63) is 34.9 Å². The van der Waals surface area contributed by atoms with Gasteiger partial charge in [-0.25, -0.2) is 0 Å². The molecule has 2 rings (SSSR count). The number of carboxylic acid groups (broad SMARTS) is 1. The first kappa shape index (κ1) is 30.1. The molecule has 0 aromatic heterocycles. The van der Waals surface area contributed by atoms with E-state index in [1.165, 1.54) is 0 Å². The number of nitrogens with one attached hydrogen (secondary N) is 1. The molecule has 0 saturated heterocycles. The van der Waals surface area contributed by atoms with E-state index in [0.29, 0.717) is 37.3 Å². The Bertz CT molecular complexity index is 860. The van der Waals surface area contributed by atoms with E-state index < -0.39 is 28.9 Å². The number of hydrogen-bond acceptors (Lipinski definition) is 6. The Morgan fingerprint density at radius 2 is 1.78 bits per heavy atom. The van der Waals surface area contributed by atoms with Crippen LogP contribution in [0.4, 0.5) is 0 Å². The van der Waals surface area contributed by atoms with Gasteiger partial charge in [0.15, 0.2) is 0 Å². The fourth-order valence-electron chi connectivity index (χ4n) is 4.60. The number of halogens is 1. The highest BCUT2D eigenvalue weighted by molar-refractivity contribution is 6.30. The third-order valence-corrected chi connectivity index (χ3v) is 6.60. The van der Waals surface area contributed by atoms with Gasteiger partial charge in [0.05, 0.1) is 37.0 Å². The Labute approximate surface area is 219 Å². The standard InChI is InChI=1S/C27H40ClNO7/c1-26(2,3)36-24(32)20(11-14-34-4)16-27(12-5-6-13-27)25(33)29-22(15-23(30)31)18-35-17-19-7-9-21(28)10-8-19/h7-10,20,22H,5-6,11-18H2,1-4H3,(H,29,33)(H,30,31)/t20-,22-/m1/s1. The van der Waals surface area contributed by atoms with Gasteiger partial charge < -0.3 is 24.6 Å². The van der Waals surface area contributed by atoms with Crippen molar-refractivity contribution in [3.63, 3.8) is 0 Å². The summed E-state index contributed by atoms with van der Waals surface area (Å²) in [5.74, 6) is -2.09. The molecular formula is C27H40ClNO7. The van der Waals surface area contributed by atoms with Gasteiger partial charge in [-0.2, -0.15) is 0 Å². The zero-order chi connectivity index (χ0) is 26.8. The average Bonchev–Trinajstić information content (AvgIpc) is 3.26. The van der Waals surface area contributed by atoms with Gasteiger partial charge >= 0.3 is 11.9 Å². The number of hydrogen-bond donors (Lipinski definition) is 2. The molecular weight excluding hydrogens is 486 g/mol. The smallest absolute Gasteiger partial charge is 0.309 e. The molecule has 1 fully saturated rings. The number of ether oxygens (including phenoxy) is 3. The van der Waals surface area contributed by atoms with Gasteiger partial charge in [0.25, 0.3) is 0 Å². The molecule has 0 radical (unpaired) electrons. The molecule has 8 nitrogen and oxygen atoms in total. The Kier molecular flexibility index (Phi) is 11.7. The van der Waals surface area contributed by atoms with E-state index in [4.69, 9.17) is 25.8 Å². The van der Waals surface area contributed by atoms with E-state index in [0.717, 1.165) is 18.4 Å². The third kappa shape index (κ3) is 10.1. The van der Waals surface area contributed by atoms with E-state index in [1.807, 2.05) is 32.9 Å².